The average Bonchev–Trinajstić information content (AvgIpc) is 2.76. The average molecular weight is 383 g/mol. The molecule has 5 nitrogen and oxygen atoms in total. The number of hydrogen-bond acceptors (Lipinski definition) is 4. The number of nitrogens with zero attached hydrogens (tertiary/aromatic N) is 3. The number of benzene rings is 3. The third-order valence-corrected chi connectivity index (χ3v) is 4.92. The Hall–Kier alpha value is -3.78. The summed E-state index contributed by atoms with van der Waals surface area (Å²) in [6, 6.07) is 22.3. The predicted molar refractivity (Wildman–Crippen MR) is 114 cm³/mol. The number of hydrogen-bond donors (Lipinski definition) is 0. The van der Waals surface area contributed by atoms with Crippen LogP contribution < -0.4 is 9.47 Å². The van der Waals surface area contributed by atoms with Crippen molar-refractivity contribution in [3.8, 4) is 17.6 Å². The normalized spacial score (nSPS) is 15.7. The molecule has 1 heterocycles. The van der Waals surface area contributed by atoms with Crippen molar-refractivity contribution in [1.82, 2.24) is 4.90 Å². The Bertz CT molecular complexity index is 1150. The second-order valence-corrected chi connectivity index (χ2v) is 7.05. The van der Waals surface area contributed by atoms with E-state index in [-0.39, 0.29) is 5.92 Å². The van der Waals surface area contributed by atoms with Crippen molar-refractivity contribution in [1.29, 1.82) is 5.26 Å². The smallest absolute Gasteiger partial charge is 0.235 e. The molecular formula is C24H21N3O2. The van der Waals surface area contributed by atoms with Gasteiger partial charge in [-0.3, -0.25) is 0 Å². The van der Waals surface area contributed by atoms with Gasteiger partial charge in [0.05, 0.1) is 19.4 Å². The molecule has 0 radical (unpaired) electrons. The molecule has 0 aromatic heterocycles. The highest BCUT2D eigenvalue weighted by molar-refractivity contribution is 5.90. The minimum atomic E-state index is -0.282. The van der Waals surface area contributed by atoms with Crippen LogP contribution in [0.5, 0.6) is 11.5 Å². The molecule has 0 N–H and O–H groups in total. The highest BCUT2D eigenvalue weighted by Gasteiger charge is 2.33. The number of aliphatic imine (C=N–C) groups is 1. The van der Waals surface area contributed by atoms with Gasteiger partial charge in [0.1, 0.15) is 23.1 Å². The molecule has 0 saturated carbocycles. The lowest BCUT2D eigenvalue weighted by molar-refractivity contribution is 0.394. The number of allylic oxidation sites excluding steroid dienone is 1. The maximum absolute atomic E-state index is 10.1. The first kappa shape index (κ1) is 18.6. The third kappa shape index (κ3) is 3.41. The van der Waals surface area contributed by atoms with Crippen LogP contribution in [0, 0.1) is 11.3 Å². The predicted octanol–water partition coefficient (Wildman–Crippen LogP) is 4.70. The lowest BCUT2D eigenvalue weighted by Crippen LogP contribution is -2.17. The fourth-order valence-corrected chi connectivity index (χ4v) is 3.60. The van der Waals surface area contributed by atoms with Crippen LogP contribution in [0.2, 0.25) is 0 Å². The maximum Gasteiger partial charge on any atom is 0.235 e. The summed E-state index contributed by atoms with van der Waals surface area (Å²) in [5.41, 5.74) is 2.45. The molecule has 144 valence electrons. The number of ether oxygens (including phenoxy) is 2. The topological polar surface area (TPSA) is 57.8 Å². The molecule has 1 unspecified atom stereocenters. The summed E-state index contributed by atoms with van der Waals surface area (Å²) in [6.07, 6.45) is 1.64. The Kier molecular flexibility index (Phi) is 4.92. The van der Waals surface area contributed by atoms with Crippen LogP contribution in [0.3, 0.4) is 0 Å². The van der Waals surface area contributed by atoms with Crippen LogP contribution in [-0.2, 0) is 0 Å². The third-order valence-electron chi connectivity index (χ3n) is 4.92. The van der Waals surface area contributed by atoms with Crippen LogP contribution in [0.1, 0.15) is 17.0 Å². The van der Waals surface area contributed by atoms with E-state index in [1.807, 2.05) is 67.5 Å². The van der Waals surface area contributed by atoms with E-state index in [0.29, 0.717) is 11.5 Å². The maximum atomic E-state index is 10.1. The van der Waals surface area contributed by atoms with E-state index in [1.165, 1.54) is 0 Å². The fourth-order valence-electron chi connectivity index (χ4n) is 3.60. The zero-order valence-corrected chi connectivity index (χ0v) is 16.6. The zero-order chi connectivity index (χ0) is 20.4. The first-order chi connectivity index (χ1) is 14.1. The molecule has 5 heteroatoms. The highest BCUT2D eigenvalue weighted by Crippen LogP contribution is 2.46. The van der Waals surface area contributed by atoms with Gasteiger partial charge in [-0.25, -0.2) is 4.99 Å². The summed E-state index contributed by atoms with van der Waals surface area (Å²) in [5, 5.41) is 12.2. The molecule has 0 saturated heterocycles. The van der Waals surface area contributed by atoms with Crippen molar-refractivity contribution in [2.24, 2.45) is 4.99 Å². The van der Waals surface area contributed by atoms with E-state index < -0.39 is 0 Å². The van der Waals surface area contributed by atoms with E-state index in [0.717, 1.165) is 33.4 Å². The lowest BCUT2D eigenvalue weighted by Gasteiger charge is -2.28. The van der Waals surface area contributed by atoms with Crippen molar-refractivity contribution in [2.75, 3.05) is 21.2 Å². The second-order valence-electron chi connectivity index (χ2n) is 7.05. The van der Waals surface area contributed by atoms with Crippen LogP contribution >= 0.6 is 0 Å². The molecule has 1 atom stereocenters. The van der Waals surface area contributed by atoms with Gasteiger partial charge in [-0.05, 0) is 34.5 Å². The van der Waals surface area contributed by atoms with Gasteiger partial charge in [-0.2, -0.15) is 5.26 Å². The van der Waals surface area contributed by atoms with Gasteiger partial charge >= 0.3 is 0 Å². The number of rotatable bonds is 4. The summed E-state index contributed by atoms with van der Waals surface area (Å²) >= 11 is 0. The monoisotopic (exact) mass is 383 g/mol. The van der Waals surface area contributed by atoms with Gasteiger partial charge < -0.3 is 14.4 Å². The summed E-state index contributed by atoms with van der Waals surface area (Å²) in [7, 11) is 5.39. The molecule has 4 rings (SSSR count). The molecule has 1 aliphatic rings. The summed E-state index contributed by atoms with van der Waals surface area (Å²) in [4.78, 5) is 6.24. The van der Waals surface area contributed by atoms with Gasteiger partial charge in [-0.1, -0.05) is 42.5 Å². The van der Waals surface area contributed by atoms with Gasteiger partial charge in [-0.15, -0.1) is 0 Å². The lowest BCUT2D eigenvalue weighted by atomic mass is 9.81. The van der Waals surface area contributed by atoms with Crippen molar-refractivity contribution < 1.29 is 9.47 Å². The largest absolute Gasteiger partial charge is 0.497 e. The van der Waals surface area contributed by atoms with Gasteiger partial charge in [0.15, 0.2) is 0 Å². The Morgan fingerprint density at radius 3 is 2.52 bits per heavy atom. The second kappa shape index (κ2) is 7.69. The fraction of sp³-hybridized carbons (Fsp3) is 0.167. The SMILES string of the molecule is COc1ccc(C2C(C#N)=C(N=CN(C)C)Oc3ccc4ccccc4c32)cc1. The summed E-state index contributed by atoms with van der Waals surface area (Å²) < 4.78 is 11.4. The zero-order valence-electron chi connectivity index (χ0n) is 16.6. The van der Waals surface area contributed by atoms with Crippen LogP contribution in [0.25, 0.3) is 10.8 Å². The molecule has 1 aliphatic heterocycles. The minimum absolute atomic E-state index is 0.282. The molecule has 0 amide bonds. The van der Waals surface area contributed by atoms with Crippen LogP contribution in [-0.4, -0.2) is 32.4 Å². The summed E-state index contributed by atoms with van der Waals surface area (Å²) in [6.45, 7) is 0. The Morgan fingerprint density at radius 2 is 1.83 bits per heavy atom. The van der Waals surface area contributed by atoms with E-state index >= 15 is 0 Å². The van der Waals surface area contributed by atoms with E-state index in [1.54, 1.807) is 13.4 Å². The van der Waals surface area contributed by atoms with Crippen molar-refractivity contribution >= 4 is 17.1 Å². The van der Waals surface area contributed by atoms with Crippen molar-refractivity contribution in [3.05, 3.63) is 83.2 Å². The number of methoxy groups -OCH3 is 1. The molecule has 29 heavy (non-hydrogen) atoms. The van der Waals surface area contributed by atoms with Crippen molar-refractivity contribution in [2.45, 2.75) is 5.92 Å². The number of nitriles is 1. The molecule has 0 fully saturated rings. The van der Waals surface area contributed by atoms with E-state index in [9.17, 15) is 5.26 Å². The molecular weight excluding hydrogens is 362 g/mol. The van der Waals surface area contributed by atoms with Gasteiger partial charge in [0.25, 0.3) is 0 Å². The van der Waals surface area contributed by atoms with Gasteiger partial charge in [0.2, 0.25) is 5.88 Å². The highest BCUT2D eigenvalue weighted by atomic mass is 16.5. The van der Waals surface area contributed by atoms with Crippen LogP contribution in [0.15, 0.2) is 77.1 Å². The Morgan fingerprint density at radius 1 is 1.07 bits per heavy atom. The molecule has 0 bridgehead atoms. The number of fused-ring (bicyclic) bond motifs is 3. The molecule has 0 spiro atoms. The van der Waals surface area contributed by atoms with E-state index in [2.05, 4.69) is 23.2 Å². The molecule has 3 aromatic rings. The first-order valence-corrected chi connectivity index (χ1v) is 9.30. The Labute approximate surface area is 170 Å². The standard InChI is InChI=1S/C24H21N3O2/c1-27(2)15-26-24-20(14-25)22(17-8-11-18(28-3)12-9-17)23-19-7-5-4-6-16(19)10-13-21(23)29-24/h4-13,15,22H,1-3H3. The minimum Gasteiger partial charge on any atom is -0.497 e. The van der Waals surface area contributed by atoms with Crippen LogP contribution in [0.4, 0.5) is 0 Å². The van der Waals surface area contributed by atoms with E-state index in [4.69, 9.17) is 9.47 Å². The summed E-state index contributed by atoms with van der Waals surface area (Å²) in [5.74, 6) is 1.53. The van der Waals surface area contributed by atoms with Crippen molar-refractivity contribution in [3.63, 3.8) is 0 Å². The Balaban J connectivity index is 1.98. The molecule has 0 aliphatic carbocycles. The quantitative estimate of drug-likeness (QED) is 0.484. The first-order valence-electron chi connectivity index (χ1n) is 9.30. The van der Waals surface area contributed by atoms with Gasteiger partial charge in [0, 0.05) is 19.7 Å². The molecule has 3 aromatic carbocycles.